The highest BCUT2D eigenvalue weighted by Crippen LogP contribution is 2.35. The number of aromatic nitrogens is 1. The van der Waals surface area contributed by atoms with Gasteiger partial charge in [-0.05, 0) is 43.2 Å². The van der Waals surface area contributed by atoms with E-state index in [9.17, 15) is 4.79 Å². The third-order valence-electron chi connectivity index (χ3n) is 5.15. The second-order valence-corrected chi connectivity index (χ2v) is 7.05. The number of cyclic esters (lactones) is 1. The first-order valence-electron chi connectivity index (χ1n) is 9.12. The van der Waals surface area contributed by atoms with Crippen LogP contribution in [0, 0.1) is 13.8 Å². The van der Waals surface area contributed by atoms with E-state index in [1.807, 2.05) is 38.1 Å². The van der Waals surface area contributed by atoms with Gasteiger partial charge in [0.05, 0.1) is 18.8 Å². The van der Waals surface area contributed by atoms with Crippen molar-refractivity contribution in [3.05, 3.63) is 59.5 Å². The summed E-state index contributed by atoms with van der Waals surface area (Å²) in [5.74, 6) is -0.582. The number of ether oxygens (including phenoxy) is 1. The van der Waals surface area contributed by atoms with Crippen molar-refractivity contribution in [2.45, 2.75) is 32.2 Å². The lowest BCUT2D eigenvalue weighted by atomic mass is 9.94. The molecule has 1 aromatic carbocycles. The van der Waals surface area contributed by atoms with Crippen LogP contribution in [0.2, 0.25) is 0 Å². The lowest BCUT2D eigenvalue weighted by Gasteiger charge is -2.31. The van der Waals surface area contributed by atoms with Crippen LogP contribution in [-0.2, 0) is 4.74 Å². The number of hydrogen-bond acceptors (Lipinski definition) is 5. The summed E-state index contributed by atoms with van der Waals surface area (Å²) in [4.78, 5) is 17.3. The van der Waals surface area contributed by atoms with Crippen LogP contribution in [0.15, 0.2) is 46.9 Å². The topological polar surface area (TPSA) is 75.8 Å². The van der Waals surface area contributed by atoms with Gasteiger partial charge in [0, 0.05) is 12.0 Å². The van der Waals surface area contributed by atoms with Crippen molar-refractivity contribution >= 4 is 11.7 Å². The summed E-state index contributed by atoms with van der Waals surface area (Å²) in [5, 5.41) is 9.13. The molecule has 2 aromatic rings. The summed E-state index contributed by atoms with van der Waals surface area (Å²) in [6.45, 7) is 3.48. The molecule has 1 fully saturated rings. The molecule has 28 heavy (non-hydrogen) atoms. The van der Waals surface area contributed by atoms with Crippen molar-refractivity contribution in [1.82, 2.24) is 9.88 Å². The van der Waals surface area contributed by atoms with Crippen molar-refractivity contribution < 1.29 is 23.4 Å². The molecular weight excluding hydrogens is 363 g/mol. The van der Waals surface area contributed by atoms with Crippen LogP contribution in [-0.4, -0.2) is 46.1 Å². The van der Waals surface area contributed by atoms with E-state index in [2.05, 4.69) is 4.98 Å². The number of alkyl halides is 1. The number of oxazole rings is 1. The molecule has 2 aliphatic rings. The summed E-state index contributed by atoms with van der Waals surface area (Å²) < 4.78 is 25.8. The van der Waals surface area contributed by atoms with Crippen molar-refractivity contribution in [3.8, 4) is 11.5 Å². The zero-order valence-electron chi connectivity index (χ0n) is 15.7. The number of aliphatic hydroxyl groups is 1. The van der Waals surface area contributed by atoms with Crippen LogP contribution in [0.4, 0.5) is 9.18 Å². The molecule has 0 radical (unpaired) electrons. The van der Waals surface area contributed by atoms with Gasteiger partial charge in [-0.1, -0.05) is 24.3 Å². The van der Waals surface area contributed by atoms with Crippen molar-refractivity contribution in [3.63, 3.8) is 0 Å². The van der Waals surface area contributed by atoms with Gasteiger partial charge < -0.3 is 14.3 Å². The maximum Gasteiger partial charge on any atom is 0.413 e. The number of carbonyl (C=O) groups excluding carboxylic acids is 1. The standard InChI is InChI=1S/C21H21FN2O4/c1-13-14(2)27-19(23-13)17-5-3-15(4-6-17)16-7-9-21(22,10-8-16)24-11-18(12-25)28-20(24)26/h3-9,18,25H,10-12H2,1-2H3/t18-,21?/m1/s1. The van der Waals surface area contributed by atoms with E-state index in [4.69, 9.17) is 14.3 Å². The highest BCUT2D eigenvalue weighted by Gasteiger charge is 2.45. The van der Waals surface area contributed by atoms with Crippen molar-refractivity contribution in [1.29, 1.82) is 0 Å². The van der Waals surface area contributed by atoms with Crippen LogP contribution in [0.3, 0.4) is 0 Å². The van der Waals surface area contributed by atoms with E-state index in [0.717, 1.165) is 33.1 Å². The van der Waals surface area contributed by atoms with Crippen LogP contribution in [0.5, 0.6) is 0 Å². The smallest absolute Gasteiger partial charge is 0.413 e. The molecular formula is C21H21FN2O4. The summed E-state index contributed by atoms with van der Waals surface area (Å²) in [5.41, 5.74) is 3.53. The quantitative estimate of drug-likeness (QED) is 0.812. The van der Waals surface area contributed by atoms with Gasteiger partial charge in [-0.25, -0.2) is 14.2 Å². The van der Waals surface area contributed by atoms with E-state index >= 15 is 4.39 Å². The minimum Gasteiger partial charge on any atom is -0.442 e. The Balaban J connectivity index is 1.49. The van der Waals surface area contributed by atoms with Gasteiger partial charge in [0.25, 0.3) is 0 Å². The van der Waals surface area contributed by atoms with E-state index in [0.29, 0.717) is 5.89 Å². The summed E-state index contributed by atoms with van der Waals surface area (Å²) in [6, 6.07) is 7.68. The van der Waals surface area contributed by atoms with Gasteiger partial charge in [0.1, 0.15) is 11.9 Å². The SMILES string of the molecule is Cc1nc(-c2ccc(C3=CCC(F)(N4C[C@H](CO)OC4=O)C=C3)cc2)oc1C. The third kappa shape index (κ3) is 3.22. The molecule has 1 amide bonds. The molecule has 1 aromatic heterocycles. The molecule has 1 unspecified atom stereocenters. The zero-order chi connectivity index (χ0) is 19.9. The Hall–Kier alpha value is -2.93. The fraction of sp³-hybridized carbons (Fsp3) is 0.333. The summed E-state index contributed by atoms with van der Waals surface area (Å²) in [6.07, 6.45) is 3.38. The highest BCUT2D eigenvalue weighted by molar-refractivity contribution is 5.78. The highest BCUT2D eigenvalue weighted by atomic mass is 19.1. The molecule has 6 nitrogen and oxygen atoms in total. The van der Waals surface area contributed by atoms with Crippen LogP contribution in [0.25, 0.3) is 17.0 Å². The number of aliphatic hydroxyl groups excluding tert-OH is 1. The second kappa shape index (κ2) is 6.91. The Labute approximate surface area is 161 Å². The van der Waals surface area contributed by atoms with Crippen molar-refractivity contribution in [2.24, 2.45) is 0 Å². The average molecular weight is 384 g/mol. The minimum atomic E-state index is -1.95. The summed E-state index contributed by atoms with van der Waals surface area (Å²) >= 11 is 0. The van der Waals surface area contributed by atoms with Crippen LogP contribution in [0.1, 0.15) is 23.4 Å². The van der Waals surface area contributed by atoms with Gasteiger partial charge >= 0.3 is 6.09 Å². The van der Waals surface area contributed by atoms with Crippen LogP contribution < -0.4 is 0 Å². The molecule has 2 heterocycles. The predicted octanol–water partition coefficient (Wildman–Crippen LogP) is 3.78. The first-order chi connectivity index (χ1) is 13.4. The Kier molecular flexibility index (Phi) is 4.55. The minimum absolute atomic E-state index is 0.0198. The first-order valence-corrected chi connectivity index (χ1v) is 9.12. The maximum absolute atomic E-state index is 15.2. The molecule has 1 aliphatic heterocycles. The number of rotatable bonds is 4. The number of benzene rings is 1. The second-order valence-electron chi connectivity index (χ2n) is 7.05. The largest absolute Gasteiger partial charge is 0.442 e. The van der Waals surface area contributed by atoms with E-state index in [1.165, 1.54) is 6.08 Å². The molecule has 4 rings (SSSR count). The van der Waals surface area contributed by atoms with Gasteiger partial charge in [-0.15, -0.1) is 0 Å². The van der Waals surface area contributed by atoms with Gasteiger partial charge in [0.15, 0.2) is 0 Å². The number of halogens is 1. The molecule has 7 heteroatoms. The Morgan fingerprint density at radius 3 is 2.54 bits per heavy atom. The number of nitrogens with zero attached hydrogens (tertiary/aromatic N) is 2. The lowest BCUT2D eigenvalue weighted by molar-refractivity contribution is 0.0485. The molecule has 1 saturated heterocycles. The Morgan fingerprint density at radius 2 is 2.00 bits per heavy atom. The normalized spacial score (nSPS) is 24.4. The fourth-order valence-electron chi connectivity index (χ4n) is 3.34. The molecule has 0 saturated carbocycles. The molecule has 146 valence electrons. The van der Waals surface area contributed by atoms with E-state index < -0.39 is 18.0 Å². The van der Waals surface area contributed by atoms with Gasteiger partial charge in [-0.3, -0.25) is 4.90 Å². The van der Waals surface area contributed by atoms with Crippen LogP contribution >= 0.6 is 0 Å². The number of amides is 1. The van der Waals surface area contributed by atoms with Gasteiger partial charge in [0.2, 0.25) is 11.7 Å². The number of allylic oxidation sites excluding steroid dienone is 2. The Bertz CT molecular complexity index is 944. The molecule has 0 bridgehead atoms. The molecule has 0 spiro atoms. The number of hydrogen-bond donors (Lipinski definition) is 1. The Morgan fingerprint density at radius 1 is 1.29 bits per heavy atom. The zero-order valence-corrected chi connectivity index (χ0v) is 15.7. The number of carbonyl (C=O) groups is 1. The van der Waals surface area contributed by atoms with E-state index in [-0.39, 0.29) is 19.6 Å². The fourth-order valence-corrected chi connectivity index (χ4v) is 3.34. The average Bonchev–Trinajstić information content (AvgIpc) is 3.25. The summed E-state index contributed by atoms with van der Waals surface area (Å²) in [7, 11) is 0. The predicted molar refractivity (Wildman–Crippen MR) is 101 cm³/mol. The first kappa shape index (κ1) is 18.4. The molecule has 1 N–H and O–H groups in total. The monoisotopic (exact) mass is 384 g/mol. The van der Waals surface area contributed by atoms with Gasteiger partial charge in [-0.2, -0.15) is 0 Å². The third-order valence-corrected chi connectivity index (χ3v) is 5.15. The van der Waals surface area contributed by atoms with Crippen molar-refractivity contribution in [2.75, 3.05) is 13.2 Å². The number of aryl methyl sites for hydroxylation is 2. The van der Waals surface area contributed by atoms with E-state index in [1.54, 1.807) is 12.2 Å². The lowest BCUT2D eigenvalue weighted by Crippen LogP contribution is -2.45. The molecule has 2 atom stereocenters. The molecule has 1 aliphatic carbocycles. The maximum atomic E-state index is 15.2.